The van der Waals surface area contributed by atoms with Crippen molar-refractivity contribution in [2.45, 2.75) is 32.7 Å². The smallest absolute Gasteiger partial charge is 0.308 e. The minimum absolute atomic E-state index is 0.145. The van der Waals surface area contributed by atoms with E-state index in [1.165, 1.54) is 11.0 Å². The molecule has 2 heterocycles. The first-order chi connectivity index (χ1) is 10.3. The molecule has 8 nitrogen and oxygen atoms in total. The third kappa shape index (κ3) is 2.90. The fraction of sp³-hybridized carbons (Fsp3) is 0.500. The van der Waals surface area contributed by atoms with Crippen molar-refractivity contribution in [2.75, 3.05) is 6.54 Å². The molecule has 2 atom stereocenters. The van der Waals surface area contributed by atoms with Gasteiger partial charge in [0.15, 0.2) is 0 Å². The van der Waals surface area contributed by atoms with Crippen LogP contribution in [0.1, 0.15) is 35.8 Å². The van der Waals surface area contributed by atoms with Gasteiger partial charge in [-0.3, -0.25) is 24.7 Å². The summed E-state index contributed by atoms with van der Waals surface area (Å²) in [7, 11) is 0. The third-order valence-electron chi connectivity index (χ3n) is 4.08. The zero-order valence-corrected chi connectivity index (χ0v) is 12.4. The molecule has 1 amide bonds. The number of piperidine rings is 1. The van der Waals surface area contributed by atoms with Gasteiger partial charge >= 0.3 is 5.97 Å². The summed E-state index contributed by atoms with van der Waals surface area (Å²) in [6.45, 7) is 3.72. The van der Waals surface area contributed by atoms with Crippen LogP contribution in [-0.4, -0.2) is 44.4 Å². The predicted molar refractivity (Wildman–Crippen MR) is 76.5 cm³/mol. The summed E-state index contributed by atoms with van der Waals surface area (Å²) in [6.07, 6.45) is 2.21. The van der Waals surface area contributed by atoms with Crippen molar-refractivity contribution in [3.8, 4) is 0 Å². The average Bonchev–Trinajstić information content (AvgIpc) is 2.46. The van der Waals surface area contributed by atoms with Gasteiger partial charge < -0.3 is 10.0 Å². The lowest BCUT2D eigenvalue weighted by molar-refractivity contribution is -0.385. The van der Waals surface area contributed by atoms with Crippen LogP contribution in [0, 0.1) is 23.0 Å². The van der Waals surface area contributed by atoms with E-state index in [0.717, 1.165) is 6.20 Å². The Morgan fingerprint density at radius 1 is 1.50 bits per heavy atom. The van der Waals surface area contributed by atoms with E-state index in [1.54, 1.807) is 13.8 Å². The fourth-order valence-electron chi connectivity index (χ4n) is 2.75. The number of aryl methyl sites for hydroxylation is 1. The molecule has 2 rings (SSSR count). The molecule has 1 N–H and O–H groups in total. The lowest BCUT2D eigenvalue weighted by Crippen LogP contribution is -2.49. The Bertz CT molecular complexity index is 631. The first kappa shape index (κ1) is 15.9. The Morgan fingerprint density at radius 2 is 2.18 bits per heavy atom. The fourth-order valence-corrected chi connectivity index (χ4v) is 2.75. The van der Waals surface area contributed by atoms with Gasteiger partial charge in [-0.15, -0.1) is 0 Å². The molecule has 1 aromatic rings. The monoisotopic (exact) mass is 307 g/mol. The van der Waals surface area contributed by atoms with E-state index >= 15 is 0 Å². The molecule has 0 aromatic carbocycles. The van der Waals surface area contributed by atoms with E-state index in [-0.39, 0.29) is 11.3 Å². The normalized spacial score (nSPS) is 21.5. The Morgan fingerprint density at radius 3 is 2.77 bits per heavy atom. The van der Waals surface area contributed by atoms with Gasteiger partial charge in [-0.1, -0.05) is 0 Å². The van der Waals surface area contributed by atoms with Crippen LogP contribution in [0.25, 0.3) is 0 Å². The number of hydrogen-bond donors (Lipinski definition) is 1. The summed E-state index contributed by atoms with van der Waals surface area (Å²) in [5.74, 6) is -1.96. The summed E-state index contributed by atoms with van der Waals surface area (Å²) in [6, 6.07) is 0.735. The largest absolute Gasteiger partial charge is 0.481 e. The minimum atomic E-state index is -0.932. The highest BCUT2D eigenvalue weighted by molar-refractivity contribution is 5.96. The summed E-state index contributed by atoms with van der Waals surface area (Å²) >= 11 is 0. The predicted octanol–water partition coefficient (Wildman–Crippen LogP) is 1.62. The molecule has 1 fully saturated rings. The van der Waals surface area contributed by atoms with Gasteiger partial charge in [-0.25, -0.2) is 0 Å². The number of carboxylic acid groups (broad SMARTS) is 1. The molecule has 0 bridgehead atoms. The maximum atomic E-state index is 12.6. The van der Waals surface area contributed by atoms with Crippen molar-refractivity contribution >= 4 is 17.6 Å². The molecule has 0 aliphatic carbocycles. The molecule has 8 heteroatoms. The summed E-state index contributed by atoms with van der Waals surface area (Å²) in [5.41, 5.74) is 0.278. The highest BCUT2D eigenvalue weighted by atomic mass is 16.6. The Hall–Kier alpha value is -2.51. The number of likely N-dealkylation sites (tertiary alicyclic amines) is 1. The van der Waals surface area contributed by atoms with Crippen LogP contribution in [-0.2, 0) is 4.79 Å². The van der Waals surface area contributed by atoms with E-state index < -0.39 is 28.8 Å². The molecular formula is C14H17N3O5. The van der Waals surface area contributed by atoms with E-state index in [0.29, 0.717) is 25.1 Å². The van der Waals surface area contributed by atoms with Crippen LogP contribution >= 0.6 is 0 Å². The highest BCUT2D eigenvalue weighted by Crippen LogP contribution is 2.26. The molecule has 0 unspecified atom stereocenters. The Labute approximate surface area is 126 Å². The van der Waals surface area contributed by atoms with Crippen LogP contribution in [0.3, 0.4) is 0 Å². The second-order valence-corrected chi connectivity index (χ2v) is 5.41. The van der Waals surface area contributed by atoms with Gasteiger partial charge in [0.05, 0.1) is 22.1 Å². The van der Waals surface area contributed by atoms with E-state index in [2.05, 4.69) is 4.98 Å². The van der Waals surface area contributed by atoms with Crippen molar-refractivity contribution in [1.82, 2.24) is 9.88 Å². The van der Waals surface area contributed by atoms with Gasteiger partial charge in [0.2, 0.25) is 0 Å². The van der Waals surface area contributed by atoms with Gasteiger partial charge in [-0.05, 0) is 26.7 Å². The van der Waals surface area contributed by atoms with Crippen molar-refractivity contribution < 1.29 is 19.6 Å². The zero-order chi connectivity index (χ0) is 16.4. The third-order valence-corrected chi connectivity index (χ3v) is 4.08. The maximum absolute atomic E-state index is 12.6. The maximum Gasteiger partial charge on any atom is 0.308 e. The van der Waals surface area contributed by atoms with Crippen LogP contribution in [0.2, 0.25) is 0 Å². The molecule has 1 aliphatic heterocycles. The standard InChI is InChI=1S/C14H17N3O5/c1-8-12(6-10(7-15-8)17(21)22)13(18)16-5-3-4-11(9(16)2)14(19)20/h6-7,9,11H,3-5H2,1-2H3,(H,19,20)/t9-,11-/m1/s1. The second-order valence-electron chi connectivity index (χ2n) is 5.41. The number of aliphatic carboxylic acids is 1. The van der Waals surface area contributed by atoms with Crippen molar-refractivity contribution in [3.63, 3.8) is 0 Å². The van der Waals surface area contributed by atoms with Crippen LogP contribution in [0.5, 0.6) is 0 Å². The van der Waals surface area contributed by atoms with Crippen LogP contribution in [0.4, 0.5) is 5.69 Å². The number of amides is 1. The summed E-state index contributed by atoms with van der Waals surface area (Å²) in [4.78, 5) is 39.5. The number of nitro groups is 1. The Balaban J connectivity index is 2.33. The van der Waals surface area contributed by atoms with Gasteiger partial charge in [0, 0.05) is 18.7 Å². The van der Waals surface area contributed by atoms with Gasteiger partial charge in [0.1, 0.15) is 6.20 Å². The molecule has 118 valence electrons. The number of pyridine rings is 1. The molecule has 0 saturated carbocycles. The van der Waals surface area contributed by atoms with E-state index in [4.69, 9.17) is 0 Å². The quantitative estimate of drug-likeness (QED) is 0.670. The second kappa shape index (κ2) is 6.08. The minimum Gasteiger partial charge on any atom is -0.481 e. The van der Waals surface area contributed by atoms with Crippen molar-refractivity contribution in [2.24, 2.45) is 5.92 Å². The van der Waals surface area contributed by atoms with Gasteiger partial charge in [-0.2, -0.15) is 0 Å². The number of carboxylic acids is 1. The molecule has 1 aliphatic rings. The SMILES string of the molecule is Cc1ncc([N+](=O)[O-])cc1C(=O)N1CCC[C@@H](C(=O)O)[C@H]1C. The Kier molecular flexibility index (Phi) is 4.39. The lowest BCUT2D eigenvalue weighted by atomic mass is 9.89. The molecular weight excluding hydrogens is 290 g/mol. The number of aromatic nitrogens is 1. The van der Waals surface area contributed by atoms with E-state index in [1.807, 2.05) is 0 Å². The topological polar surface area (TPSA) is 114 Å². The van der Waals surface area contributed by atoms with Gasteiger partial charge in [0.25, 0.3) is 11.6 Å². The lowest BCUT2D eigenvalue weighted by Gasteiger charge is -2.37. The van der Waals surface area contributed by atoms with Crippen LogP contribution in [0.15, 0.2) is 12.3 Å². The van der Waals surface area contributed by atoms with Crippen LogP contribution < -0.4 is 0 Å². The first-order valence-corrected chi connectivity index (χ1v) is 6.97. The first-order valence-electron chi connectivity index (χ1n) is 6.97. The number of carbonyl (C=O) groups excluding carboxylic acids is 1. The molecule has 0 radical (unpaired) electrons. The van der Waals surface area contributed by atoms with Crippen molar-refractivity contribution in [3.05, 3.63) is 33.6 Å². The molecule has 0 spiro atoms. The average molecular weight is 307 g/mol. The molecule has 22 heavy (non-hydrogen) atoms. The number of hydrogen-bond acceptors (Lipinski definition) is 5. The zero-order valence-electron chi connectivity index (χ0n) is 12.4. The summed E-state index contributed by atoms with van der Waals surface area (Å²) < 4.78 is 0. The highest BCUT2D eigenvalue weighted by Gasteiger charge is 2.36. The van der Waals surface area contributed by atoms with Crippen molar-refractivity contribution in [1.29, 1.82) is 0 Å². The molecule has 1 saturated heterocycles. The van der Waals surface area contributed by atoms with E-state index in [9.17, 15) is 24.8 Å². The summed E-state index contributed by atoms with van der Waals surface area (Å²) in [5, 5.41) is 20.0. The molecule has 1 aromatic heterocycles. The number of rotatable bonds is 3. The number of carbonyl (C=O) groups is 2. The number of nitrogens with zero attached hydrogens (tertiary/aromatic N) is 3.